The van der Waals surface area contributed by atoms with Crippen LogP contribution >= 0.6 is 11.3 Å². The molecule has 17 heavy (non-hydrogen) atoms. The molecule has 0 aromatic carbocycles. The number of hydrogen-bond acceptors (Lipinski definition) is 4. The first-order valence-electron chi connectivity index (χ1n) is 4.97. The molecule has 0 unspecified atom stereocenters. The largest absolute Gasteiger partial charge is 0.475 e. The Balaban J connectivity index is 2.41. The number of aryl methyl sites for hydroxylation is 1. The lowest BCUT2D eigenvalue weighted by Gasteiger charge is -2.03. The Morgan fingerprint density at radius 1 is 1.53 bits per heavy atom. The lowest BCUT2D eigenvalue weighted by molar-refractivity contribution is 0.0660. The zero-order valence-corrected chi connectivity index (χ0v) is 10.2. The molecule has 0 radical (unpaired) electrons. The Morgan fingerprint density at radius 3 is 2.76 bits per heavy atom. The van der Waals surface area contributed by atoms with Crippen LogP contribution in [-0.2, 0) is 6.54 Å². The minimum absolute atomic E-state index is 0.0856. The molecule has 0 atom stereocenters. The molecule has 2 rings (SSSR count). The van der Waals surface area contributed by atoms with Crippen LogP contribution in [0.2, 0.25) is 0 Å². The standard InChI is InChI=1S/C11H11NO4S/c1-6-7(2)17-11(15)12(6)5-8-3-4-16-9(8)10(13)14/h3-4H,5H2,1-2H3,(H,13,14). The van der Waals surface area contributed by atoms with Gasteiger partial charge in [0, 0.05) is 16.1 Å². The highest BCUT2D eigenvalue weighted by Gasteiger charge is 2.16. The monoisotopic (exact) mass is 253 g/mol. The number of aromatic carboxylic acids is 1. The third-order valence-corrected chi connectivity index (χ3v) is 3.64. The SMILES string of the molecule is Cc1sc(=O)n(Cc2ccoc2C(=O)O)c1C. The van der Waals surface area contributed by atoms with Crippen LogP contribution in [0.1, 0.15) is 26.7 Å². The molecular formula is C11H11NO4S. The van der Waals surface area contributed by atoms with Crippen LogP contribution < -0.4 is 4.87 Å². The number of carboxylic acid groups (broad SMARTS) is 1. The number of furan rings is 1. The van der Waals surface area contributed by atoms with E-state index in [0.29, 0.717) is 5.56 Å². The van der Waals surface area contributed by atoms with E-state index in [1.807, 2.05) is 13.8 Å². The van der Waals surface area contributed by atoms with Crippen LogP contribution in [0.25, 0.3) is 0 Å². The quantitative estimate of drug-likeness (QED) is 0.906. The van der Waals surface area contributed by atoms with Crippen molar-refractivity contribution >= 4 is 17.3 Å². The van der Waals surface area contributed by atoms with Crippen LogP contribution in [0.5, 0.6) is 0 Å². The molecule has 0 amide bonds. The molecule has 6 heteroatoms. The van der Waals surface area contributed by atoms with Crippen molar-refractivity contribution in [3.8, 4) is 0 Å². The highest BCUT2D eigenvalue weighted by molar-refractivity contribution is 7.09. The fourth-order valence-corrected chi connectivity index (χ4v) is 2.42. The number of hydrogen-bond donors (Lipinski definition) is 1. The van der Waals surface area contributed by atoms with Gasteiger partial charge in [-0.1, -0.05) is 11.3 Å². The first-order valence-corrected chi connectivity index (χ1v) is 5.79. The molecule has 0 bridgehead atoms. The predicted octanol–water partition coefficient (Wildman–Crippen LogP) is 1.87. The van der Waals surface area contributed by atoms with E-state index in [1.165, 1.54) is 6.26 Å². The minimum Gasteiger partial charge on any atom is -0.475 e. The molecule has 0 aliphatic carbocycles. The van der Waals surface area contributed by atoms with Gasteiger partial charge in [0.2, 0.25) is 5.76 Å². The third-order valence-electron chi connectivity index (χ3n) is 2.64. The summed E-state index contributed by atoms with van der Waals surface area (Å²) >= 11 is 1.16. The predicted molar refractivity (Wildman–Crippen MR) is 62.8 cm³/mol. The van der Waals surface area contributed by atoms with Gasteiger partial charge in [0.1, 0.15) is 0 Å². The summed E-state index contributed by atoms with van der Waals surface area (Å²) in [6.45, 7) is 3.94. The Morgan fingerprint density at radius 2 is 2.24 bits per heavy atom. The smallest absolute Gasteiger partial charge is 0.372 e. The molecule has 2 aromatic rings. The van der Waals surface area contributed by atoms with Gasteiger partial charge in [-0.2, -0.15) is 0 Å². The number of aromatic nitrogens is 1. The van der Waals surface area contributed by atoms with E-state index in [4.69, 9.17) is 9.52 Å². The van der Waals surface area contributed by atoms with Crippen LogP contribution in [0, 0.1) is 13.8 Å². The average molecular weight is 253 g/mol. The second kappa shape index (κ2) is 4.21. The molecule has 0 aliphatic rings. The molecule has 2 heterocycles. The summed E-state index contributed by atoms with van der Waals surface area (Å²) in [5, 5.41) is 8.90. The maximum absolute atomic E-state index is 11.7. The van der Waals surface area contributed by atoms with Crippen molar-refractivity contribution in [3.63, 3.8) is 0 Å². The van der Waals surface area contributed by atoms with Crippen molar-refractivity contribution < 1.29 is 14.3 Å². The summed E-state index contributed by atoms with van der Waals surface area (Å²) in [6.07, 6.45) is 1.32. The van der Waals surface area contributed by atoms with E-state index in [9.17, 15) is 9.59 Å². The van der Waals surface area contributed by atoms with E-state index in [2.05, 4.69) is 0 Å². The van der Waals surface area contributed by atoms with Crippen molar-refractivity contribution in [2.24, 2.45) is 0 Å². The summed E-state index contributed by atoms with van der Waals surface area (Å²) in [5.41, 5.74) is 1.36. The number of carbonyl (C=O) groups is 1. The fraction of sp³-hybridized carbons (Fsp3) is 0.273. The molecule has 90 valence electrons. The zero-order chi connectivity index (χ0) is 12.6. The third kappa shape index (κ3) is 2.03. The van der Waals surface area contributed by atoms with E-state index in [-0.39, 0.29) is 17.2 Å². The van der Waals surface area contributed by atoms with Crippen molar-refractivity contribution in [1.82, 2.24) is 4.57 Å². The number of nitrogens with zero attached hydrogens (tertiary/aromatic N) is 1. The van der Waals surface area contributed by atoms with Gasteiger partial charge in [-0.05, 0) is 19.9 Å². The van der Waals surface area contributed by atoms with Gasteiger partial charge in [-0.15, -0.1) is 0 Å². The summed E-state index contributed by atoms with van der Waals surface area (Å²) < 4.78 is 6.43. The van der Waals surface area contributed by atoms with Crippen molar-refractivity contribution in [2.45, 2.75) is 20.4 Å². The molecule has 1 N–H and O–H groups in total. The van der Waals surface area contributed by atoms with Gasteiger partial charge in [0.25, 0.3) is 0 Å². The fourth-order valence-electron chi connectivity index (χ4n) is 1.59. The van der Waals surface area contributed by atoms with Gasteiger partial charge in [0.05, 0.1) is 12.8 Å². The Labute approximate surface area is 101 Å². The Hall–Kier alpha value is -1.82. The van der Waals surface area contributed by atoms with Crippen LogP contribution in [0.3, 0.4) is 0 Å². The van der Waals surface area contributed by atoms with Crippen molar-refractivity contribution in [3.05, 3.63) is 43.9 Å². The van der Waals surface area contributed by atoms with E-state index in [1.54, 1.807) is 10.6 Å². The van der Waals surface area contributed by atoms with Crippen LogP contribution in [0.4, 0.5) is 0 Å². The molecule has 0 saturated heterocycles. The average Bonchev–Trinajstić information content (AvgIpc) is 2.80. The molecule has 0 saturated carbocycles. The second-order valence-corrected chi connectivity index (χ2v) is 4.84. The number of thiazole rings is 1. The molecule has 0 spiro atoms. The van der Waals surface area contributed by atoms with Crippen molar-refractivity contribution in [1.29, 1.82) is 0 Å². The number of rotatable bonds is 3. The Bertz CT molecular complexity index is 620. The Kier molecular flexibility index (Phi) is 2.89. The van der Waals surface area contributed by atoms with Gasteiger partial charge >= 0.3 is 10.8 Å². The summed E-state index contributed by atoms with van der Waals surface area (Å²) in [5.74, 6) is -1.23. The highest BCUT2D eigenvalue weighted by Crippen LogP contribution is 2.15. The summed E-state index contributed by atoms with van der Waals surface area (Å²) in [6, 6.07) is 1.57. The van der Waals surface area contributed by atoms with Crippen molar-refractivity contribution in [2.75, 3.05) is 0 Å². The molecule has 0 aliphatic heterocycles. The van der Waals surface area contributed by atoms with E-state index >= 15 is 0 Å². The maximum atomic E-state index is 11.7. The topological polar surface area (TPSA) is 72.4 Å². The number of carboxylic acids is 1. The molecule has 0 fully saturated rings. The minimum atomic E-state index is -1.12. The van der Waals surface area contributed by atoms with Gasteiger partial charge in [-0.25, -0.2) is 4.79 Å². The first-order chi connectivity index (χ1) is 8.00. The highest BCUT2D eigenvalue weighted by atomic mass is 32.1. The lowest BCUT2D eigenvalue weighted by atomic mass is 10.2. The molecule has 5 nitrogen and oxygen atoms in total. The maximum Gasteiger partial charge on any atom is 0.372 e. The normalized spacial score (nSPS) is 10.7. The van der Waals surface area contributed by atoms with Crippen LogP contribution in [0.15, 0.2) is 21.5 Å². The summed E-state index contributed by atoms with van der Waals surface area (Å²) in [4.78, 5) is 23.4. The second-order valence-electron chi connectivity index (χ2n) is 3.68. The summed E-state index contributed by atoms with van der Waals surface area (Å²) in [7, 11) is 0. The zero-order valence-electron chi connectivity index (χ0n) is 9.39. The van der Waals surface area contributed by atoms with E-state index in [0.717, 1.165) is 21.9 Å². The molecular weight excluding hydrogens is 242 g/mol. The molecule has 2 aromatic heterocycles. The van der Waals surface area contributed by atoms with Gasteiger partial charge in [0.15, 0.2) is 0 Å². The van der Waals surface area contributed by atoms with E-state index < -0.39 is 5.97 Å². The first kappa shape index (κ1) is 11.7. The van der Waals surface area contributed by atoms with Crippen LogP contribution in [-0.4, -0.2) is 15.6 Å². The van der Waals surface area contributed by atoms with Gasteiger partial charge in [-0.3, -0.25) is 9.36 Å². The van der Waals surface area contributed by atoms with Gasteiger partial charge < -0.3 is 9.52 Å². The lowest BCUT2D eigenvalue weighted by Crippen LogP contribution is -2.16.